The molecule has 0 saturated heterocycles. The molecule has 0 atom stereocenters. The minimum Gasteiger partial charge on any atom is -0.424 e. The zero-order valence-corrected chi connectivity index (χ0v) is 10.6. The van der Waals surface area contributed by atoms with Gasteiger partial charge in [0.25, 0.3) is 0 Å². The maximum Gasteiger partial charge on any atom is 0.325 e. The van der Waals surface area contributed by atoms with Crippen LogP contribution in [0.15, 0.2) is 21.6 Å². The standard InChI is InChI=1S/C11H17N5O2/c1-3-9-13-14-10(18-9)8-15(2)6-7-16-5-4-12-11(16)17/h4-5H,3,6-8H2,1-2H3,(H,12,17). The second kappa shape index (κ2) is 5.63. The summed E-state index contributed by atoms with van der Waals surface area (Å²) in [6.07, 6.45) is 4.11. The van der Waals surface area contributed by atoms with Crippen molar-refractivity contribution in [2.45, 2.75) is 26.4 Å². The third-order valence-electron chi connectivity index (χ3n) is 2.66. The fourth-order valence-electron chi connectivity index (χ4n) is 1.61. The normalized spacial score (nSPS) is 11.3. The van der Waals surface area contributed by atoms with Crippen LogP contribution >= 0.6 is 0 Å². The Morgan fingerprint density at radius 1 is 1.44 bits per heavy atom. The average Bonchev–Trinajstić information content (AvgIpc) is 2.96. The highest BCUT2D eigenvalue weighted by molar-refractivity contribution is 4.81. The SMILES string of the molecule is CCc1nnc(CN(C)CCn2cc[nH]c2=O)o1. The molecule has 0 fully saturated rings. The summed E-state index contributed by atoms with van der Waals surface area (Å²) in [5, 5.41) is 7.86. The van der Waals surface area contributed by atoms with Gasteiger partial charge in [-0.3, -0.25) is 9.47 Å². The fourth-order valence-corrected chi connectivity index (χ4v) is 1.61. The molecule has 0 aromatic carbocycles. The van der Waals surface area contributed by atoms with Crippen LogP contribution in [0, 0.1) is 0 Å². The minimum absolute atomic E-state index is 0.0885. The van der Waals surface area contributed by atoms with Gasteiger partial charge in [-0.1, -0.05) is 6.92 Å². The Labute approximate surface area is 104 Å². The summed E-state index contributed by atoms with van der Waals surface area (Å²) in [5.74, 6) is 1.26. The highest BCUT2D eigenvalue weighted by Crippen LogP contribution is 2.03. The summed E-state index contributed by atoms with van der Waals surface area (Å²) in [6.45, 7) is 3.93. The van der Waals surface area contributed by atoms with Gasteiger partial charge in [-0.15, -0.1) is 10.2 Å². The number of H-pyrrole nitrogens is 1. The summed E-state index contributed by atoms with van der Waals surface area (Å²) in [7, 11) is 1.95. The topological polar surface area (TPSA) is 80.0 Å². The predicted molar refractivity (Wildman–Crippen MR) is 65.1 cm³/mol. The van der Waals surface area contributed by atoms with Crippen molar-refractivity contribution in [3.8, 4) is 0 Å². The number of aromatic nitrogens is 4. The van der Waals surface area contributed by atoms with Crippen LogP contribution in [-0.4, -0.2) is 38.2 Å². The molecule has 0 amide bonds. The van der Waals surface area contributed by atoms with Gasteiger partial charge in [0.15, 0.2) is 0 Å². The summed E-state index contributed by atoms with van der Waals surface area (Å²) in [4.78, 5) is 15.9. The van der Waals surface area contributed by atoms with Crippen molar-refractivity contribution in [2.24, 2.45) is 0 Å². The number of hydrogen-bond donors (Lipinski definition) is 1. The van der Waals surface area contributed by atoms with Crippen molar-refractivity contribution in [2.75, 3.05) is 13.6 Å². The summed E-state index contributed by atoms with van der Waals surface area (Å²) < 4.78 is 7.05. The molecule has 1 N–H and O–H groups in total. The number of nitrogens with one attached hydrogen (secondary N) is 1. The Hall–Kier alpha value is -1.89. The maximum atomic E-state index is 11.3. The highest BCUT2D eigenvalue weighted by Gasteiger charge is 2.08. The molecule has 2 rings (SSSR count). The zero-order chi connectivity index (χ0) is 13.0. The van der Waals surface area contributed by atoms with Crippen molar-refractivity contribution in [3.05, 3.63) is 34.7 Å². The van der Waals surface area contributed by atoms with Crippen LogP contribution in [0.2, 0.25) is 0 Å². The van der Waals surface area contributed by atoms with Crippen LogP contribution in [0.3, 0.4) is 0 Å². The molecule has 0 aliphatic heterocycles. The van der Waals surface area contributed by atoms with Gasteiger partial charge in [-0.05, 0) is 7.05 Å². The Kier molecular flexibility index (Phi) is 3.93. The number of aromatic amines is 1. The molecule has 18 heavy (non-hydrogen) atoms. The van der Waals surface area contributed by atoms with E-state index in [9.17, 15) is 4.79 Å². The lowest BCUT2D eigenvalue weighted by molar-refractivity contribution is 0.273. The second-order valence-electron chi connectivity index (χ2n) is 4.14. The van der Waals surface area contributed by atoms with E-state index < -0.39 is 0 Å². The lowest BCUT2D eigenvalue weighted by atomic mass is 10.5. The van der Waals surface area contributed by atoms with E-state index in [2.05, 4.69) is 15.2 Å². The lowest BCUT2D eigenvalue weighted by Crippen LogP contribution is -2.26. The number of likely N-dealkylation sites (N-methyl/N-ethyl adjacent to an activating group) is 1. The molecule has 7 nitrogen and oxygen atoms in total. The number of nitrogens with zero attached hydrogens (tertiary/aromatic N) is 4. The van der Waals surface area contributed by atoms with E-state index in [0.29, 0.717) is 24.9 Å². The molecule has 0 bridgehead atoms. The van der Waals surface area contributed by atoms with Crippen molar-refractivity contribution in [1.82, 2.24) is 24.6 Å². The molecule has 0 aliphatic rings. The van der Waals surface area contributed by atoms with E-state index in [1.807, 2.05) is 18.9 Å². The average molecular weight is 251 g/mol. The smallest absolute Gasteiger partial charge is 0.325 e. The van der Waals surface area contributed by atoms with Crippen molar-refractivity contribution < 1.29 is 4.42 Å². The first-order valence-corrected chi connectivity index (χ1v) is 5.92. The van der Waals surface area contributed by atoms with Gasteiger partial charge < -0.3 is 9.40 Å². The van der Waals surface area contributed by atoms with E-state index in [1.54, 1.807) is 17.0 Å². The van der Waals surface area contributed by atoms with Gasteiger partial charge in [0.1, 0.15) is 0 Å². The monoisotopic (exact) mass is 251 g/mol. The molecule has 2 aromatic rings. The largest absolute Gasteiger partial charge is 0.424 e. The van der Waals surface area contributed by atoms with E-state index >= 15 is 0 Å². The Morgan fingerprint density at radius 2 is 2.22 bits per heavy atom. The van der Waals surface area contributed by atoms with Gasteiger partial charge in [0, 0.05) is 31.9 Å². The quantitative estimate of drug-likeness (QED) is 0.796. The molecule has 0 radical (unpaired) electrons. The van der Waals surface area contributed by atoms with E-state index in [0.717, 1.165) is 13.0 Å². The first kappa shape index (κ1) is 12.6. The predicted octanol–water partition coefficient (Wildman–Crippen LogP) is 0.254. The summed E-state index contributed by atoms with van der Waals surface area (Å²) >= 11 is 0. The van der Waals surface area contributed by atoms with Gasteiger partial charge in [0.2, 0.25) is 11.8 Å². The summed E-state index contributed by atoms with van der Waals surface area (Å²) in [5.41, 5.74) is -0.0885. The van der Waals surface area contributed by atoms with Gasteiger partial charge in [-0.2, -0.15) is 0 Å². The Balaban J connectivity index is 1.83. The Bertz CT molecular complexity index is 541. The van der Waals surface area contributed by atoms with Gasteiger partial charge in [0.05, 0.1) is 6.54 Å². The zero-order valence-electron chi connectivity index (χ0n) is 10.6. The van der Waals surface area contributed by atoms with Crippen LogP contribution in [-0.2, 0) is 19.5 Å². The number of imidazole rings is 1. The molecular formula is C11H17N5O2. The van der Waals surface area contributed by atoms with Crippen LogP contribution in [0.25, 0.3) is 0 Å². The Morgan fingerprint density at radius 3 is 2.83 bits per heavy atom. The minimum atomic E-state index is -0.0885. The van der Waals surface area contributed by atoms with Gasteiger partial charge in [-0.25, -0.2) is 4.79 Å². The molecule has 0 aliphatic carbocycles. The number of aryl methyl sites for hydroxylation is 1. The third-order valence-corrected chi connectivity index (χ3v) is 2.66. The van der Waals surface area contributed by atoms with Crippen molar-refractivity contribution >= 4 is 0 Å². The van der Waals surface area contributed by atoms with Crippen molar-refractivity contribution in [1.29, 1.82) is 0 Å². The van der Waals surface area contributed by atoms with Crippen molar-refractivity contribution in [3.63, 3.8) is 0 Å². The van der Waals surface area contributed by atoms with E-state index in [1.165, 1.54) is 0 Å². The van der Waals surface area contributed by atoms with Gasteiger partial charge >= 0.3 is 5.69 Å². The third kappa shape index (κ3) is 3.07. The first-order chi connectivity index (χ1) is 8.69. The van der Waals surface area contributed by atoms with Crippen LogP contribution in [0.4, 0.5) is 0 Å². The highest BCUT2D eigenvalue weighted by atomic mass is 16.4. The first-order valence-electron chi connectivity index (χ1n) is 5.92. The van der Waals surface area contributed by atoms with Crippen LogP contribution < -0.4 is 5.69 Å². The van der Waals surface area contributed by atoms with Crippen LogP contribution in [0.5, 0.6) is 0 Å². The number of rotatable bonds is 6. The maximum absolute atomic E-state index is 11.3. The fraction of sp³-hybridized carbons (Fsp3) is 0.545. The molecule has 0 unspecified atom stereocenters. The molecule has 7 heteroatoms. The van der Waals surface area contributed by atoms with E-state index in [4.69, 9.17) is 4.42 Å². The molecule has 98 valence electrons. The molecule has 2 heterocycles. The van der Waals surface area contributed by atoms with Crippen LogP contribution in [0.1, 0.15) is 18.7 Å². The number of hydrogen-bond acceptors (Lipinski definition) is 5. The lowest BCUT2D eigenvalue weighted by Gasteiger charge is -2.13. The summed E-state index contributed by atoms with van der Waals surface area (Å²) in [6, 6.07) is 0. The molecule has 2 aromatic heterocycles. The molecule has 0 spiro atoms. The second-order valence-corrected chi connectivity index (χ2v) is 4.14. The van der Waals surface area contributed by atoms with E-state index in [-0.39, 0.29) is 5.69 Å². The molecule has 0 saturated carbocycles. The molecular weight excluding hydrogens is 234 g/mol.